The first kappa shape index (κ1) is 18.9. The van der Waals surface area contributed by atoms with E-state index < -0.39 is 0 Å². The molecular weight excluding hydrogens is 432 g/mol. The lowest BCUT2D eigenvalue weighted by Gasteiger charge is -2.10. The van der Waals surface area contributed by atoms with Crippen LogP contribution in [-0.4, -0.2) is 14.1 Å². The second-order valence-corrected chi connectivity index (χ2v) is 8.37. The highest BCUT2D eigenvalue weighted by Gasteiger charge is 2.09. The molecule has 0 radical (unpaired) electrons. The molecule has 4 aromatic rings. The smallest absolute Gasteiger partial charge is 0.190 e. The Bertz CT molecular complexity index is 1130. The number of hydrogen-bond donors (Lipinski definition) is 0. The summed E-state index contributed by atoms with van der Waals surface area (Å²) in [5.41, 5.74) is 4.60. The van der Waals surface area contributed by atoms with E-state index in [9.17, 15) is 0 Å². The van der Waals surface area contributed by atoms with Gasteiger partial charge in [0.05, 0.1) is 17.7 Å². The van der Waals surface area contributed by atoms with Crippen LogP contribution in [-0.2, 0) is 13.1 Å². The number of imidazole rings is 1. The van der Waals surface area contributed by atoms with Crippen LogP contribution in [0.1, 0.15) is 12.0 Å². The summed E-state index contributed by atoms with van der Waals surface area (Å²) in [6.45, 7) is 3.93. The van der Waals surface area contributed by atoms with E-state index in [1.807, 2.05) is 24.8 Å². The summed E-state index contributed by atoms with van der Waals surface area (Å²) in [5, 5.41) is 2.20. The number of hydrogen-bond acceptors (Lipinski definition) is 3. The Morgan fingerprint density at radius 2 is 2.00 bits per heavy atom. The Hall–Kier alpha value is -2.44. The van der Waals surface area contributed by atoms with Crippen LogP contribution in [0.15, 0.2) is 82.1 Å². The first-order chi connectivity index (χ1) is 13.7. The van der Waals surface area contributed by atoms with Gasteiger partial charge in [-0.3, -0.25) is 0 Å². The predicted molar refractivity (Wildman–Crippen MR) is 119 cm³/mol. The van der Waals surface area contributed by atoms with Crippen LogP contribution in [0, 0.1) is 6.92 Å². The molecule has 4 rings (SSSR count). The first-order valence-electron chi connectivity index (χ1n) is 9.21. The number of aryl methyl sites for hydroxylation is 2. The Kier molecular flexibility index (Phi) is 5.88. The first-order valence-corrected chi connectivity index (χ1v) is 10.9. The molecule has 0 atom stereocenters. The Labute approximate surface area is 177 Å². The zero-order valence-electron chi connectivity index (χ0n) is 15.6. The van der Waals surface area contributed by atoms with Gasteiger partial charge >= 0.3 is 0 Å². The topological polar surface area (TPSA) is 35.1 Å². The van der Waals surface area contributed by atoms with Gasteiger partial charge in [0.2, 0.25) is 0 Å². The Morgan fingerprint density at radius 1 is 1.11 bits per heavy atom. The molecule has 0 N–H and O–H groups in total. The number of rotatable bonds is 6. The lowest BCUT2D eigenvalue weighted by molar-refractivity contribution is 0.559. The van der Waals surface area contributed by atoms with Gasteiger partial charge < -0.3 is 9.13 Å². The fourth-order valence-corrected chi connectivity index (χ4v) is 4.48. The van der Waals surface area contributed by atoms with Crippen LogP contribution < -0.4 is 4.80 Å². The normalized spacial score (nSPS) is 11.9. The Morgan fingerprint density at radius 3 is 2.79 bits per heavy atom. The van der Waals surface area contributed by atoms with E-state index >= 15 is 0 Å². The predicted octanol–water partition coefficient (Wildman–Crippen LogP) is 5.81. The lowest BCUT2D eigenvalue weighted by Crippen LogP contribution is -2.17. The number of benzene rings is 2. The van der Waals surface area contributed by atoms with Crippen LogP contribution in [0.3, 0.4) is 0 Å². The number of para-hydroxylation sites is 1. The highest BCUT2D eigenvalue weighted by atomic mass is 79.9. The fourth-order valence-electron chi connectivity index (χ4n) is 3.14. The van der Waals surface area contributed by atoms with Gasteiger partial charge in [0, 0.05) is 40.9 Å². The number of nitrogens with zero attached hydrogens (tertiary/aromatic N) is 4. The van der Waals surface area contributed by atoms with E-state index in [-0.39, 0.29) is 0 Å². The molecule has 0 fully saturated rings. The Balaban J connectivity index is 1.72. The van der Waals surface area contributed by atoms with E-state index in [1.165, 1.54) is 16.8 Å². The summed E-state index contributed by atoms with van der Waals surface area (Å²) < 4.78 is 5.53. The molecule has 0 saturated carbocycles. The van der Waals surface area contributed by atoms with Gasteiger partial charge in [0.1, 0.15) is 0 Å². The van der Waals surface area contributed by atoms with Crippen molar-refractivity contribution < 1.29 is 0 Å². The lowest BCUT2D eigenvalue weighted by atomic mass is 10.2. The SMILES string of the molecule is Cc1ccccc1N=c1scc(-c2cccc(Br)c2)n1CCCn1ccnc1. The molecule has 28 heavy (non-hydrogen) atoms. The van der Waals surface area contributed by atoms with Gasteiger partial charge in [-0.05, 0) is 37.1 Å². The van der Waals surface area contributed by atoms with Crippen molar-refractivity contribution in [1.29, 1.82) is 0 Å². The molecule has 0 saturated heterocycles. The van der Waals surface area contributed by atoms with E-state index in [0.29, 0.717) is 0 Å². The molecule has 0 spiro atoms. The van der Waals surface area contributed by atoms with E-state index in [2.05, 4.69) is 84.8 Å². The number of halogens is 1. The average molecular weight is 453 g/mol. The maximum Gasteiger partial charge on any atom is 0.190 e. The molecule has 0 amide bonds. The molecule has 0 unspecified atom stereocenters. The van der Waals surface area contributed by atoms with Crippen molar-refractivity contribution in [2.75, 3.05) is 0 Å². The summed E-state index contributed by atoms with van der Waals surface area (Å²) in [4.78, 5) is 10.1. The van der Waals surface area contributed by atoms with Gasteiger partial charge in [-0.1, -0.05) is 46.3 Å². The minimum atomic E-state index is 0.897. The molecule has 0 bridgehead atoms. The average Bonchev–Trinajstić information content (AvgIpc) is 3.34. The van der Waals surface area contributed by atoms with E-state index in [4.69, 9.17) is 4.99 Å². The van der Waals surface area contributed by atoms with Crippen LogP contribution in [0.2, 0.25) is 0 Å². The van der Waals surface area contributed by atoms with Crippen molar-refractivity contribution in [2.24, 2.45) is 4.99 Å². The van der Waals surface area contributed by atoms with Crippen LogP contribution >= 0.6 is 27.3 Å². The quantitative estimate of drug-likeness (QED) is 0.363. The highest BCUT2D eigenvalue weighted by molar-refractivity contribution is 9.10. The summed E-state index contributed by atoms with van der Waals surface area (Å²) in [5.74, 6) is 0. The van der Waals surface area contributed by atoms with Crippen LogP contribution in [0.4, 0.5) is 5.69 Å². The third-order valence-electron chi connectivity index (χ3n) is 4.61. The van der Waals surface area contributed by atoms with Gasteiger partial charge in [-0.15, -0.1) is 11.3 Å². The van der Waals surface area contributed by atoms with Crippen molar-refractivity contribution in [2.45, 2.75) is 26.4 Å². The molecule has 0 aliphatic carbocycles. The summed E-state index contributed by atoms with van der Waals surface area (Å²) in [6.07, 6.45) is 6.71. The molecule has 4 nitrogen and oxygen atoms in total. The van der Waals surface area contributed by atoms with Gasteiger partial charge in [-0.2, -0.15) is 0 Å². The van der Waals surface area contributed by atoms with Gasteiger partial charge in [0.25, 0.3) is 0 Å². The molecule has 142 valence electrons. The highest BCUT2D eigenvalue weighted by Crippen LogP contribution is 2.25. The van der Waals surface area contributed by atoms with Crippen molar-refractivity contribution in [3.05, 3.63) is 87.5 Å². The molecule has 6 heteroatoms. The minimum absolute atomic E-state index is 0.897. The van der Waals surface area contributed by atoms with Crippen LogP contribution in [0.5, 0.6) is 0 Å². The van der Waals surface area contributed by atoms with Crippen molar-refractivity contribution >= 4 is 33.0 Å². The van der Waals surface area contributed by atoms with Gasteiger partial charge in [-0.25, -0.2) is 9.98 Å². The summed E-state index contributed by atoms with van der Waals surface area (Å²) in [7, 11) is 0. The zero-order chi connectivity index (χ0) is 19.3. The van der Waals surface area contributed by atoms with Crippen molar-refractivity contribution in [3.63, 3.8) is 0 Å². The third-order valence-corrected chi connectivity index (χ3v) is 5.96. The molecule has 0 aliphatic heterocycles. The maximum atomic E-state index is 4.98. The van der Waals surface area contributed by atoms with Crippen LogP contribution in [0.25, 0.3) is 11.3 Å². The maximum absolute atomic E-state index is 4.98. The second-order valence-electron chi connectivity index (χ2n) is 6.62. The monoisotopic (exact) mass is 452 g/mol. The fraction of sp³-hybridized carbons (Fsp3) is 0.182. The second kappa shape index (κ2) is 8.71. The third kappa shape index (κ3) is 4.34. The standard InChI is InChI=1S/C22H21BrN4S/c1-17-6-2-3-9-20(17)25-22-27(12-5-11-26-13-10-24-16-26)21(15-28-22)18-7-4-8-19(23)14-18/h2-4,6-10,13-16H,5,11-12H2,1H3. The number of thiazole rings is 1. The molecule has 0 aliphatic rings. The number of aromatic nitrogens is 3. The minimum Gasteiger partial charge on any atom is -0.337 e. The molecule has 2 aromatic heterocycles. The molecule has 2 aromatic carbocycles. The molecular formula is C22H21BrN4S. The molecule has 2 heterocycles. The van der Waals surface area contributed by atoms with E-state index in [0.717, 1.165) is 34.5 Å². The van der Waals surface area contributed by atoms with E-state index in [1.54, 1.807) is 11.3 Å². The van der Waals surface area contributed by atoms with Gasteiger partial charge in [0.15, 0.2) is 4.80 Å². The summed E-state index contributed by atoms with van der Waals surface area (Å²) in [6, 6.07) is 16.7. The summed E-state index contributed by atoms with van der Waals surface area (Å²) >= 11 is 5.28. The largest absolute Gasteiger partial charge is 0.337 e. The zero-order valence-corrected chi connectivity index (χ0v) is 18.0. The van der Waals surface area contributed by atoms with Crippen molar-refractivity contribution in [3.8, 4) is 11.3 Å². The van der Waals surface area contributed by atoms with Crippen molar-refractivity contribution in [1.82, 2.24) is 14.1 Å².